The summed E-state index contributed by atoms with van der Waals surface area (Å²) in [5.74, 6) is -0.0764. The van der Waals surface area contributed by atoms with Crippen LogP contribution >= 0.6 is 11.8 Å². The van der Waals surface area contributed by atoms with Gasteiger partial charge in [-0.3, -0.25) is 9.36 Å². The standard InChI is InChI=1S/C23H23F2N5OS/c1-2-11-30-22(17-7-3-4-8-18(17)24)26-27-23(30)32-16-21(31)29-14-12-28(13-15-29)20-10-6-5-9-19(20)25/h2-10H,1,11-16H2. The molecule has 0 atom stereocenters. The lowest BCUT2D eigenvalue weighted by molar-refractivity contribution is -0.128. The largest absolute Gasteiger partial charge is 0.366 e. The Hall–Kier alpha value is -3.20. The molecule has 166 valence electrons. The third-order valence-corrected chi connectivity index (χ3v) is 6.25. The first kappa shape index (κ1) is 22.0. The van der Waals surface area contributed by atoms with Crippen molar-refractivity contribution in [3.63, 3.8) is 0 Å². The molecule has 0 saturated carbocycles. The van der Waals surface area contributed by atoms with E-state index in [0.29, 0.717) is 55.0 Å². The Kier molecular flexibility index (Phi) is 6.84. The number of nitrogens with zero attached hydrogens (tertiary/aromatic N) is 5. The van der Waals surface area contributed by atoms with Crippen molar-refractivity contribution in [2.75, 3.05) is 36.8 Å². The highest BCUT2D eigenvalue weighted by Crippen LogP contribution is 2.26. The molecule has 3 aromatic rings. The van der Waals surface area contributed by atoms with E-state index in [0.717, 1.165) is 0 Å². The topological polar surface area (TPSA) is 54.3 Å². The molecule has 1 aromatic heterocycles. The number of hydrogen-bond acceptors (Lipinski definition) is 5. The summed E-state index contributed by atoms with van der Waals surface area (Å²) in [7, 11) is 0. The smallest absolute Gasteiger partial charge is 0.233 e. The molecule has 4 rings (SSSR count). The van der Waals surface area contributed by atoms with Crippen molar-refractivity contribution >= 4 is 23.4 Å². The number of carbonyl (C=O) groups excluding carboxylic acids is 1. The van der Waals surface area contributed by atoms with E-state index >= 15 is 0 Å². The first-order valence-corrected chi connectivity index (χ1v) is 11.3. The molecule has 1 amide bonds. The lowest BCUT2D eigenvalue weighted by atomic mass is 10.2. The van der Waals surface area contributed by atoms with Crippen LogP contribution in [0, 0.1) is 11.6 Å². The molecule has 1 saturated heterocycles. The summed E-state index contributed by atoms with van der Waals surface area (Å²) < 4.78 is 30.0. The molecule has 32 heavy (non-hydrogen) atoms. The van der Waals surface area contributed by atoms with E-state index in [1.54, 1.807) is 45.9 Å². The van der Waals surface area contributed by atoms with Crippen LogP contribution in [0.5, 0.6) is 0 Å². The summed E-state index contributed by atoms with van der Waals surface area (Å²) >= 11 is 1.26. The van der Waals surface area contributed by atoms with Gasteiger partial charge in [0.1, 0.15) is 11.6 Å². The molecule has 9 heteroatoms. The summed E-state index contributed by atoms with van der Waals surface area (Å²) in [5.41, 5.74) is 0.913. The highest BCUT2D eigenvalue weighted by molar-refractivity contribution is 7.99. The average Bonchev–Trinajstić information content (AvgIpc) is 3.21. The van der Waals surface area contributed by atoms with Crippen molar-refractivity contribution < 1.29 is 13.6 Å². The van der Waals surface area contributed by atoms with Gasteiger partial charge in [0.05, 0.1) is 17.0 Å². The molecule has 1 aliphatic rings. The minimum absolute atomic E-state index is 0.0243. The van der Waals surface area contributed by atoms with Crippen LogP contribution in [0.2, 0.25) is 0 Å². The minimum atomic E-state index is -0.384. The summed E-state index contributed by atoms with van der Waals surface area (Å²) in [6.45, 7) is 6.34. The Morgan fingerprint density at radius 3 is 2.38 bits per heavy atom. The molecule has 1 aliphatic heterocycles. The molecule has 2 heterocycles. The van der Waals surface area contributed by atoms with Crippen molar-refractivity contribution in [1.29, 1.82) is 0 Å². The molecule has 0 N–H and O–H groups in total. The maximum absolute atomic E-state index is 14.2. The number of anilines is 1. The fourth-order valence-corrected chi connectivity index (χ4v) is 4.50. The Morgan fingerprint density at radius 2 is 1.69 bits per heavy atom. The number of amides is 1. The lowest BCUT2D eigenvalue weighted by Crippen LogP contribution is -2.49. The number of piperazine rings is 1. The third-order valence-electron chi connectivity index (χ3n) is 5.29. The van der Waals surface area contributed by atoms with Gasteiger partial charge >= 0.3 is 0 Å². The van der Waals surface area contributed by atoms with E-state index in [4.69, 9.17) is 0 Å². The fraction of sp³-hybridized carbons (Fsp3) is 0.261. The van der Waals surface area contributed by atoms with E-state index in [9.17, 15) is 13.6 Å². The van der Waals surface area contributed by atoms with Gasteiger partial charge in [0, 0.05) is 32.7 Å². The molecule has 6 nitrogen and oxygen atoms in total. The second-order valence-corrected chi connectivity index (χ2v) is 8.24. The van der Waals surface area contributed by atoms with Crippen molar-refractivity contribution in [3.05, 3.63) is 72.8 Å². The first-order valence-electron chi connectivity index (χ1n) is 10.3. The molecular weight excluding hydrogens is 432 g/mol. The number of carbonyl (C=O) groups is 1. The average molecular weight is 456 g/mol. The summed E-state index contributed by atoms with van der Waals surface area (Å²) in [6.07, 6.45) is 1.68. The van der Waals surface area contributed by atoms with Gasteiger partial charge in [-0.05, 0) is 24.3 Å². The van der Waals surface area contributed by atoms with Crippen molar-refractivity contribution in [2.45, 2.75) is 11.7 Å². The van der Waals surface area contributed by atoms with Crippen molar-refractivity contribution in [3.8, 4) is 11.4 Å². The van der Waals surface area contributed by atoms with E-state index in [1.807, 2.05) is 11.0 Å². The van der Waals surface area contributed by atoms with Gasteiger partial charge in [-0.2, -0.15) is 0 Å². The zero-order valence-electron chi connectivity index (χ0n) is 17.5. The summed E-state index contributed by atoms with van der Waals surface area (Å²) in [5, 5.41) is 8.85. The maximum Gasteiger partial charge on any atom is 0.233 e. The maximum atomic E-state index is 14.2. The van der Waals surface area contributed by atoms with Gasteiger partial charge in [0.25, 0.3) is 0 Å². The molecule has 0 unspecified atom stereocenters. The number of allylic oxidation sites excluding steroid dienone is 1. The molecule has 2 aromatic carbocycles. The zero-order chi connectivity index (χ0) is 22.5. The second kappa shape index (κ2) is 9.95. The van der Waals surface area contributed by atoms with Crippen LogP contribution in [0.15, 0.2) is 66.3 Å². The minimum Gasteiger partial charge on any atom is -0.366 e. The predicted molar refractivity (Wildman–Crippen MR) is 122 cm³/mol. The van der Waals surface area contributed by atoms with Gasteiger partial charge in [-0.15, -0.1) is 16.8 Å². The third kappa shape index (κ3) is 4.67. The molecule has 1 fully saturated rings. The number of halogens is 2. The molecule has 0 bridgehead atoms. The molecule has 0 aliphatic carbocycles. The summed E-state index contributed by atoms with van der Waals surface area (Å²) in [4.78, 5) is 16.5. The van der Waals surface area contributed by atoms with Gasteiger partial charge < -0.3 is 9.80 Å². The van der Waals surface area contributed by atoms with Crippen LogP contribution in [0.3, 0.4) is 0 Å². The van der Waals surface area contributed by atoms with Crippen molar-refractivity contribution in [2.24, 2.45) is 0 Å². The van der Waals surface area contributed by atoms with Crippen LogP contribution in [0.25, 0.3) is 11.4 Å². The van der Waals surface area contributed by atoms with Crippen LogP contribution in [-0.2, 0) is 11.3 Å². The lowest BCUT2D eigenvalue weighted by Gasteiger charge is -2.36. The van der Waals surface area contributed by atoms with Crippen LogP contribution in [0.1, 0.15) is 0 Å². The first-order chi connectivity index (χ1) is 15.6. The molecule has 0 spiro atoms. The Labute approximate surface area is 189 Å². The number of para-hydroxylation sites is 1. The van der Waals surface area contributed by atoms with E-state index in [2.05, 4.69) is 16.8 Å². The highest BCUT2D eigenvalue weighted by Gasteiger charge is 2.24. The summed E-state index contributed by atoms with van der Waals surface area (Å²) in [6, 6.07) is 13.0. The Balaban J connectivity index is 1.39. The second-order valence-electron chi connectivity index (χ2n) is 7.29. The molecule has 0 radical (unpaired) electrons. The van der Waals surface area contributed by atoms with Gasteiger partial charge in [-0.1, -0.05) is 42.1 Å². The number of rotatable bonds is 7. The van der Waals surface area contributed by atoms with Crippen LogP contribution < -0.4 is 4.90 Å². The van der Waals surface area contributed by atoms with Gasteiger partial charge in [-0.25, -0.2) is 8.78 Å². The Bertz CT molecular complexity index is 1110. The predicted octanol–water partition coefficient (Wildman–Crippen LogP) is 3.85. The van der Waals surface area contributed by atoms with Gasteiger partial charge in [0.2, 0.25) is 5.91 Å². The van der Waals surface area contributed by atoms with Gasteiger partial charge in [0.15, 0.2) is 11.0 Å². The monoisotopic (exact) mass is 455 g/mol. The fourth-order valence-electron chi connectivity index (χ4n) is 3.65. The molecular formula is C23H23F2N5OS. The van der Waals surface area contributed by atoms with Crippen molar-refractivity contribution in [1.82, 2.24) is 19.7 Å². The van der Waals surface area contributed by atoms with E-state index in [-0.39, 0.29) is 23.3 Å². The van der Waals surface area contributed by atoms with Crippen LogP contribution in [-0.4, -0.2) is 57.5 Å². The quantitative estimate of drug-likeness (QED) is 0.400. The normalized spacial score (nSPS) is 13.9. The highest BCUT2D eigenvalue weighted by atomic mass is 32.2. The number of thioether (sulfide) groups is 1. The van der Waals surface area contributed by atoms with E-state index < -0.39 is 0 Å². The zero-order valence-corrected chi connectivity index (χ0v) is 18.3. The number of hydrogen-bond donors (Lipinski definition) is 0. The number of benzene rings is 2. The SMILES string of the molecule is C=CCn1c(SCC(=O)N2CCN(c3ccccc3F)CC2)nnc1-c1ccccc1F. The number of aromatic nitrogens is 3. The van der Waals surface area contributed by atoms with E-state index in [1.165, 1.54) is 23.9 Å². The Morgan fingerprint density at radius 1 is 1.00 bits per heavy atom. The van der Waals surface area contributed by atoms with Crippen LogP contribution in [0.4, 0.5) is 14.5 Å².